The largest absolute Gasteiger partial charge is 0.323 e. The average Bonchev–Trinajstić information content (AvgIpc) is 2.29. The molecule has 4 N–H and O–H groups in total. The lowest BCUT2D eigenvalue weighted by atomic mass is 10.1. The van der Waals surface area contributed by atoms with Crippen LogP contribution in [-0.4, -0.2) is 16.3 Å². The fourth-order valence-electron chi connectivity index (χ4n) is 1.64. The first kappa shape index (κ1) is 7.57. The van der Waals surface area contributed by atoms with Crippen LogP contribution in [0.4, 0.5) is 0 Å². The summed E-state index contributed by atoms with van der Waals surface area (Å²) in [5.74, 6) is 0. The second-order valence-corrected chi connectivity index (χ2v) is 3.10. The van der Waals surface area contributed by atoms with Crippen molar-refractivity contribution in [2.24, 2.45) is 12.8 Å². The highest BCUT2D eigenvalue weighted by molar-refractivity contribution is 5.24. The van der Waals surface area contributed by atoms with E-state index in [0.717, 1.165) is 17.8 Å². The van der Waals surface area contributed by atoms with E-state index in [0.29, 0.717) is 6.54 Å². The van der Waals surface area contributed by atoms with Crippen molar-refractivity contribution in [2.45, 2.75) is 12.6 Å². The molecule has 1 aliphatic rings. The van der Waals surface area contributed by atoms with Gasteiger partial charge in [0.25, 0.3) is 5.56 Å². The molecule has 1 aromatic heterocycles. The quantitative estimate of drug-likeness (QED) is 0.456. The summed E-state index contributed by atoms with van der Waals surface area (Å²) in [5.41, 5.74) is 7.41. The topological polar surface area (TPSA) is 75.8 Å². The van der Waals surface area contributed by atoms with E-state index in [1.54, 1.807) is 4.68 Å². The molecule has 2 rings (SSSR count). The van der Waals surface area contributed by atoms with Crippen LogP contribution in [0.5, 0.6) is 0 Å². The monoisotopic (exact) mass is 168 g/mol. The molecule has 0 radical (unpaired) electrons. The van der Waals surface area contributed by atoms with Gasteiger partial charge < -0.3 is 11.1 Å². The van der Waals surface area contributed by atoms with Crippen LogP contribution in [0.15, 0.2) is 4.79 Å². The molecule has 66 valence electrons. The normalized spacial score (nSPS) is 22.3. The number of nitrogens with zero attached hydrogens (tertiary/aromatic N) is 1. The van der Waals surface area contributed by atoms with Crippen LogP contribution in [0.25, 0.3) is 0 Å². The van der Waals surface area contributed by atoms with Crippen molar-refractivity contribution < 1.29 is 0 Å². The number of nitrogens with two attached hydrogens (primary N) is 1. The van der Waals surface area contributed by atoms with Gasteiger partial charge in [0.05, 0.1) is 11.3 Å². The number of H-pyrrole nitrogens is 1. The molecule has 1 aromatic rings. The smallest absolute Gasteiger partial charge is 0.269 e. The molecule has 0 bridgehead atoms. The highest BCUT2D eigenvalue weighted by atomic mass is 16.1. The molecule has 0 amide bonds. The molecular formula is C7H12N4O. The van der Waals surface area contributed by atoms with Crippen molar-refractivity contribution in [3.05, 3.63) is 21.6 Å². The Kier molecular flexibility index (Phi) is 1.55. The van der Waals surface area contributed by atoms with Gasteiger partial charge in [0.2, 0.25) is 0 Å². The number of hydrogen-bond acceptors (Lipinski definition) is 3. The Morgan fingerprint density at radius 2 is 2.42 bits per heavy atom. The van der Waals surface area contributed by atoms with Gasteiger partial charge in [-0.3, -0.25) is 14.6 Å². The van der Waals surface area contributed by atoms with E-state index in [2.05, 4.69) is 10.4 Å². The van der Waals surface area contributed by atoms with Crippen LogP contribution in [-0.2, 0) is 13.6 Å². The van der Waals surface area contributed by atoms with E-state index in [4.69, 9.17) is 5.73 Å². The SMILES string of the molecule is Cn1[nH]c(=O)c2c1CNC[C@@H]2N. The molecule has 0 fully saturated rings. The lowest BCUT2D eigenvalue weighted by Crippen LogP contribution is -2.35. The van der Waals surface area contributed by atoms with E-state index in [1.165, 1.54) is 0 Å². The summed E-state index contributed by atoms with van der Waals surface area (Å²) in [6.07, 6.45) is 0. The van der Waals surface area contributed by atoms with Gasteiger partial charge in [-0.05, 0) is 0 Å². The first-order chi connectivity index (χ1) is 5.70. The first-order valence-electron chi connectivity index (χ1n) is 3.94. The molecule has 1 atom stereocenters. The van der Waals surface area contributed by atoms with E-state index >= 15 is 0 Å². The van der Waals surface area contributed by atoms with Crippen LogP contribution >= 0.6 is 0 Å². The minimum absolute atomic E-state index is 0.0542. The molecule has 1 aliphatic heterocycles. The molecule has 5 heteroatoms. The number of aromatic nitrogens is 2. The number of aryl methyl sites for hydroxylation is 1. The Bertz CT molecular complexity index is 351. The zero-order chi connectivity index (χ0) is 8.72. The van der Waals surface area contributed by atoms with Crippen molar-refractivity contribution in [3.8, 4) is 0 Å². The lowest BCUT2D eigenvalue weighted by molar-refractivity contribution is 0.530. The Morgan fingerprint density at radius 1 is 1.67 bits per heavy atom. The predicted octanol–water partition coefficient (Wildman–Crippen LogP) is -1.18. The summed E-state index contributed by atoms with van der Waals surface area (Å²) in [7, 11) is 1.82. The summed E-state index contributed by atoms with van der Waals surface area (Å²) < 4.78 is 1.73. The minimum Gasteiger partial charge on any atom is -0.323 e. The number of nitrogens with one attached hydrogen (secondary N) is 2. The maximum Gasteiger partial charge on any atom is 0.269 e. The van der Waals surface area contributed by atoms with E-state index in [9.17, 15) is 4.79 Å². The third-order valence-electron chi connectivity index (χ3n) is 2.26. The maximum absolute atomic E-state index is 11.3. The lowest BCUT2D eigenvalue weighted by Gasteiger charge is -2.19. The van der Waals surface area contributed by atoms with E-state index in [-0.39, 0.29) is 11.6 Å². The predicted molar refractivity (Wildman–Crippen MR) is 44.7 cm³/mol. The second kappa shape index (κ2) is 2.46. The van der Waals surface area contributed by atoms with Crippen molar-refractivity contribution in [2.75, 3.05) is 6.54 Å². The maximum atomic E-state index is 11.3. The van der Waals surface area contributed by atoms with Crippen LogP contribution in [0, 0.1) is 0 Å². The van der Waals surface area contributed by atoms with Gasteiger partial charge in [0.1, 0.15) is 0 Å². The van der Waals surface area contributed by atoms with Crippen LogP contribution in [0.1, 0.15) is 17.3 Å². The minimum atomic E-state index is -0.168. The number of rotatable bonds is 0. The first-order valence-corrected chi connectivity index (χ1v) is 3.94. The number of hydrogen-bond donors (Lipinski definition) is 3. The Balaban J connectivity index is 2.63. The van der Waals surface area contributed by atoms with Crippen molar-refractivity contribution >= 4 is 0 Å². The summed E-state index contributed by atoms with van der Waals surface area (Å²) in [4.78, 5) is 11.3. The average molecular weight is 168 g/mol. The van der Waals surface area contributed by atoms with E-state index < -0.39 is 0 Å². The summed E-state index contributed by atoms with van der Waals surface area (Å²) >= 11 is 0. The van der Waals surface area contributed by atoms with Gasteiger partial charge >= 0.3 is 0 Å². The molecule has 0 unspecified atom stereocenters. The van der Waals surface area contributed by atoms with Crippen molar-refractivity contribution in [1.82, 2.24) is 15.1 Å². The Labute approximate surface area is 69.5 Å². The van der Waals surface area contributed by atoms with Crippen LogP contribution < -0.4 is 16.6 Å². The molecule has 5 nitrogen and oxygen atoms in total. The van der Waals surface area contributed by atoms with Crippen LogP contribution in [0.2, 0.25) is 0 Å². The summed E-state index contributed by atoms with van der Waals surface area (Å²) in [6, 6.07) is -0.168. The number of aromatic amines is 1. The van der Waals surface area contributed by atoms with Crippen molar-refractivity contribution in [1.29, 1.82) is 0 Å². The summed E-state index contributed by atoms with van der Waals surface area (Å²) in [5, 5.41) is 5.83. The molecule has 0 aromatic carbocycles. The molecule has 0 aliphatic carbocycles. The summed E-state index contributed by atoms with van der Waals surface area (Å²) in [6.45, 7) is 1.40. The zero-order valence-corrected chi connectivity index (χ0v) is 6.92. The molecule has 0 saturated carbocycles. The molecule has 12 heavy (non-hydrogen) atoms. The molecule has 0 spiro atoms. The third kappa shape index (κ3) is 0.904. The Hall–Kier alpha value is -1.07. The number of fused-ring (bicyclic) bond motifs is 1. The zero-order valence-electron chi connectivity index (χ0n) is 6.92. The standard InChI is InChI=1S/C7H12N4O/c1-11-5-3-9-2-4(8)6(5)7(12)10-11/h4,9H,2-3,8H2,1H3,(H,10,12)/t4-/m0/s1. The van der Waals surface area contributed by atoms with Crippen LogP contribution in [0.3, 0.4) is 0 Å². The third-order valence-corrected chi connectivity index (χ3v) is 2.26. The van der Waals surface area contributed by atoms with Crippen molar-refractivity contribution in [3.63, 3.8) is 0 Å². The molecule has 0 saturated heterocycles. The van der Waals surface area contributed by atoms with Gasteiger partial charge in [-0.2, -0.15) is 0 Å². The van der Waals surface area contributed by atoms with Gasteiger partial charge in [-0.25, -0.2) is 0 Å². The van der Waals surface area contributed by atoms with Gasteiger partial charge in [0.15, 0.2) is 0 Å². The molecule has 2 heterocycles. The fourth-order valence-corrected chi connectivity index (χ4v) is 1.64. The second-order valence-electron chi connectivity index (χ2n) is 3.10. The van der Waals surface area contributed by atoms with E-state index in [1.807, 2.05) is 7.05 Å². The fraction of sp³-hybridized carbons (Fsp3) is 0.571. The Morgan fingerprint density at radius 3 is 3.08 bits per heavy atom. The van der Waals surface area contributed by atoms with Gasteiger partial charge in [0, 0.05) is 26.2 Å². The molecular weight excluding hydrogens is 156 g/mol. The van der Waals surface area contributed by atoms with Gasteiger partial charge in [-0.15, -0.1) is 0 Å². The highest BCUT2D eigenvalue weighted by Gasteiger charge is 2.22. The van der Waals surface area contributed by atoms with Gasteiger partial charge in [-0.1, -0.05) is 0 Å². The highest BCUT2D eigenvalue weighted by Crippen LogP contribution is 2.14.